The summed E-state index contributed by atoms with van der Waals surface area (Å²) in [6.07, 6.45) is 0.811. The van der Waals surface area contributed by atoms with Gasteiger partial charge in [-0.05, 0) is 66.6 Å². The first-order valence-electron chi connectivity index (χ1n) is 6.97. The van der Waals surface area contributed by atoms with Crippen LogP contribution >= 0.6 is 0 Å². The number of nitrogens with zero attached hydrogens (tertiary/aromatic N) is 1. The van der Waals surface area contributed by atoms with Gasteiger partial charge in [-0.3, -0.25) is 0 Å². The third-order valence-corrected chi connectivity index (χ3v) is 3.74. The van der Waals surface area contributed by atoms with Gasteiger partial charge in [0.25, 0.3) is 0 Å². The topological polar surface area (TPSA) is 78.9 Å². The highest BCUT2D eigenvalue weighted by molar-refractivity contribution is 5.84. The van der Waals surface area contributed by atoms with Crippen LogP contribution in [0.3, 0.4) is 0 Å². The molecule has 1 saturated heterocycles. The standard InChI is InChI=1S/C14H26N2O4/c1-13(2,3)20-12(19)15-14(4,11(17)18)10-6-8-16(5)9-7-10/h10H,6-9H2,1-5H3,(H,15,19)(H,17,18)/t14-/m1/s1. The van der Waals surface area contributed by atoms with E-state index in [1.807, 2.05) is 7.05 Å². The van der Waals surface area contributed by atoms with Crippen molar-refractivity contribution < 1.29 is 19.4 Å². The number of alkyl carbamates (subject to hydrolysis) is 1. The zero-order valence-corrected chi connectivity index (χ0v) is 13.0. The van der Waals surface area contributed by atoms with Crippen LogP contribution in [0.2, 0.25) is 0 Å². The number of hydrogen-bond donors (Lipinski definition) is 2. The van der Waals surface area contributed by atoms with Gasteiger partial charge in [0.05, 0.1) is 0 Å². The molecule has 1 aliphatic rings. The van der Waals surface area contributed by atoms with Gasteiger partial charge < -0.3 is 20.1 Å². The number of amides is 1. The van der Waals surface area contributed by atoms with Crippen molar-refractivity contribution in [1.29, 1.82) is 0 Å². The summed E-state index contributed by atoms with van der Waals surface area (Å²) in [6.45, 7) is 8.49. The predicted molar refractivity (Wildman–Crippen MR) is 75.6 cm³/mol. The molecule has 0 aromatic heterocycles. The maximum Gasteiger partial charge on any atom is 0.408 e. The summed E-state index contributed by atoms with van der Waals surface area (Å²) in [5.41, 5.74) is -1.93. The number of likely N-dealkylation sites (tertiary alicyclic amines) is 1. The van der Waals surface area contributed by atoms with E-state index in [-0.39, 0.29) is 5.92 Å². The Bertz CT molecular complexity index is 370. The average Bonchev–Trinajstić information content (AvgIpc) is 2.26. The van der Waals surface area contributed by atoms with Crippen molar-refractivity contribution >= 4 is 12.1 Å². The Morgan fingerprint density at radius 1 is 1.20 bits per heavy atom. The molecule has 6 heteroatoms. The van der Waals surface area contributed by atoms with Crippen molar-refractivity contribution in [3.05, 3.63) is 0 Å². The van der Waals surface area contributed by atoms with Gasteiger partial charge >= 0.3 is 12.1 Å². The fraction of sp³-hybridized carbons (Fsp3) is 0.857. The second-order valence-electron chi connectivity index (χ2n) is 6.71. The predicted octanol–water partition coefficient (Wildman–Crippen LogP) is 1.70. The number of piperidine rings is 1. The summed E-state index contributed by atoms with van der Waals surface area (Å²) in [6, 6.07) is 0. The number of rotatable bonds is 3. The third kappa shape index (κ3) is 4.37. The molecule has 2 N–H and O–H groups in total. The average molecular weight is 286 g/mol. The van der Waals surface area contributed by atoms with E-state index in [0.29, 0.717) is 0 Å². The molecule has 1 aliphatic heterocycles. The van der Waals surface area contributed by atoms with Gasteiger partial charge in [0.1, 0.15) is 11.1 Å². The first-order valence-corrected chi connectivity index (χ1v) is 6.97. The number of carboxylic acids is 1. The van der Waals surface area contributed by atoms with Crippen molar-refractivity contribution in [1.82, 2.24) is 10.2 Å². The fourth-order valence-corrected chi connectivity index (χ4v) is 2.43. The molecule has 0 saturated carbocycles. The summed E-state index contributed by atoms with van der Waals surface area (Å²) in [7, 11) is 2.01. The Hall–Kier alpha value is -1.30. The molecule has 1 fully saturated rings. The highest BCUT2D eigenvalue weighted by atomic mass is 16.6. The van der Waals surface area contributed by atoms with Crippen LogP contribution in [-0.2, 0) is 9.53 Å². The van der Waals surface area contributed by atoms with Crippen LogP contribution in [0.4, 0.5) is 4.79 Å². The summed E-state index contributed by atoms with van der Waals surface area (Å²) in [5, 5.41) is 12.1. The normalized spacial score (nSPS) is 21.1. The van der Waals surface area contributed by atoms with E-state index in [0.717, 1.165) is 25.9 Å². The molecule has 0 bridgehead atoms. The SMILES string of the molecule is CN1CCC([C@@](C)(NC(=O)OC(C)(C)C)C(=O)O)CC1. The Labute approximate surface area is 120 Å². The first-order chi connectivity index (χ1) is 9.04. The van der Waals surface area contributed by atoms with E-state index >= 15 is 0 Å². The van der Waals surface area contributed by atoms with Crippen molar-refractivity contribution in [3.8, 4) is 0 Å². The molecule has 6 nitrogen and oxygen atoms in total. The minimum atomic E-state index is -1.29. The summed E-state index contributed by atoms with van der Waals surface area (Å²) in [4.78, 5) is 25.7. The van der Waals surface area contributed by atoms with Crippen molar-refractivity contribution in [2.75, 3.05) is 20.1 Å². The van der Waals surface area contributed by atoms with E-state index in [1.54, 1.807) is 27.7 Å². The maximum absolute atomic E-state index is 11.9. The zero-order chi connectivity index (χ0) is 15.6. The van der Waals surface area contributed by atoms with E-state index in [1.165, 1.54) is 0 Å². The third-order valence-electron chi connectivity index (χ3n) is 3.74. The minimum absolute atomic E-state index is 0.0938. The first kappa shape index (κ1) is 16.8. The number of carbonyl (C=O) groups excluding carboxylic acids is 1. The molecular formula is C14H26N2O4. The number of carbonyl (C=O) groups is 2. The van der Waals surface area contributed by atoms with Crippen LogP contribution in [0.15, 0.2) is 0 Å². The molecule has 0 radical (unpaired) electrons. The monoisotopic (exact) mass is 286 g/mol. The van der Waals surface area contributed by atoms with Gasteiger partial charge in [0.2, 0.25) is 0 Å². The van der Waals surface area contributed by atoms with Gasteiger partial charge in [0.15, 0.2) is 0 Å². The van der Waals surface area contributed by atoms with Gasteiger partial charge in [0, 0.05) is 0 Å². The molecule has 116 valence electrons. The molecule has 1 amide bonds. The van der Waals surface area contributed by atoms with Crippen LogP contribution in [-0.4, -0.2) is 53.3 Å². The van der Waals surface area contributed by atoms with Gasteiger partial charge in [-0.1, -0.05) is 0 Å². The molecule has 1 rings (SSSR count). The lowest BCUT2D eigenvalue weighted by molar-refractivity contribution is -0.147. The molecule has 1 heterocycles. The molecule has 0 aromatic carbocycles. The summed E-state index contributed by atoms with van der Waals surface area (Å²) >= 11 is 0. The number of hydrogen-bond acceptors (Lipinski definition) is 4. The van der Waals surface area contributed by atoms with Crippen LogP contribution < -0.4 is 5.32 Å². The Kier molecular flexibility index (Phi) is 5.02. The lowest BCUT2D eigenvalue weighted by atomic mass is 9.79. The summed E-state index contributed by atoms with van der Waals surface area (Å²) < 4.78 is 5.17. The molecule has 20 heavy (non-hydrogen) atoms. The number of ether oxygens (including phenoxy) is 1. The second-order valence-corrected chi connectivity index (χ2v) is 6.71. The van der Waals surface area contributed by atoms with Gasteiger partial charge in [-0.25, -0.2) is 9.59 Å². The van der Waals surface area contributed by atoms with E-state index in [4.69, 9.17) is 4.74 Å². The molecule has 1 atom stereocenters. The maximum atomic E-state index is 11.9. The van der Waals surface area contributed by atoms with Crippen LogP contribution in [0, 0.1) is 5.92 Å². The fourth-order valence-electron chi connectivity index (χ4n) is 2.43. The quantitative estimate of drug-likeness (QED) is 0.825. The molecule has 0 spiro atoms. The number of nitrogens with one attached hydrogen (secondary N) is 1. The molecule has 0 unspecified atom stereocenters. The van der Waals surface area contributed by atoms with E-state index < -0.39 is 23.2 Å². The summed E-state index contributed by atoms with van der Waals surface area (Å²) in [5.74, 6) is -1.11. The Balaban J connectivity index is 2.77. The molecule has 0 aliphatic carbocycles. The van der Waals surface area contributed by atoms with Crippen LogP contribution in [0.5, 0.6) is 0 Å². The number of aliphatic carboxylic acids is 1. The highest BCUT2D eigenvalue weighted by Crippen LogP contribution is 2.28. The van der Waals surface area contributed by atoms with Crippen molar-refractivity contribution in [3.63, 3.8) is 0 Å². The smallest absolute Gasteiger partial charge is 0.408 e. The largest absolute Gasteiger partial charge is 0.480 e. The van der Waals surface area contributed by atoms with Crippen molar-refractivity contribution in [2.24, 2.45) is 5.92 Å². The lowest BCUT2D eigenvalue weighted by Crippen LogP contribution is -2.59. The molecule has 0 aromatic rings. The van der Waals surface area contributed by atoms with Crippen LogP contribution in [0.25, 0.3) is 0 Å². The highest BCUT2D eigenvalue weighted by Gasteiger charge is 2.44. The van der Waals surface area contributed by atoms with E-state index in [9.17, 15) is 14.7 Å². The second kappa shape index (κ2) is 5.99. The lowest BCUT2D eigenvalue weighted by Gasteiger charge is -2.39. The Morgan fingerprint density at radius 3 is 2.10 bits per heavy atom. The number of carboxylic acid groups (broad SMARTS) is 1. The van der Waals surface area contributed by atoms with Crippen molar-refractivity contribution in [2.45, 2.75) is 51.7 Å². The zero-order valence-electron chi connectivity index (χ0n) is 13.0. The Morgan fingerprint density at radius 2 is 1.70 bits per heavy atom. The van der Waals surface area contributed by atoms with E-state index in [2.05, 4.69) is 10.2 Å². The van der Waals surface area contributed by atoms with Gasteiger partial charge in [-0.15, -0.1) is 0 Å². The molecular weight excluding hydrogens is 260 g/mol. The van der Waals surface area contributed by atoms with Crippen LogP contribution in [0.1, 0.15) is 40.5 Å². The van der Waals surface area contributed by atoms with Gasteiger partial charge in [-0.2, -0.15) is 0 Å². The minimum Gasteiger partial charge on any atom is -0.480 e.